The normalized spacial score (nSPS) is 11.8. The Morgan fingerprint density at radius 2 is 0.862 bits per heavy atom. The van der Waals surface area contributed by atoms with Gasteiger partial charge >= 0.3 is 0 Å². The van der Waals surface area contributed by atoms with Crippen LogP contribution in [0.25, 0.3) is 0 Å². The largest absolute Gasteiger partial charge is 0.332 e. The average molecular weight is 1320 g/mol. The molecule has 0 saturated carbocycles. The number of aliphatic imine (C=N–C) groups is 4. The minimum absolute atomic E-state index is 0.349. The fourth-order valence-electron chi connectivity index (χ4n) is 7.70. The van der Waals surface area contributed by atoms with Crippen molar-refractivity contribution in [3.05, 3.63) is 66.3 Å². The molecule has 0 saturated heterocycles. The highest BCUT2D eigenvalue weighted by Gasteiger charge is 2.14. The molecule has 0 N–H and O–H groups in total. The van der Waals surface area contributed by atoms with Gasteiger partial charge in [0.1, 0.15) is 18.0 Å². The summed E-state index contributed by atoms with van der Waals surface area (Å²) < 4.78 is 10.3. The van der Waals surface area contributed by atoms with Crippen molar-refractivity contribution in [2.45, 2.75) is 380 Å². The van der Waals surface area contributed by atoms with Gasteiger partial charge in [0.15, 0.2) is 5.82 Å². The Kier molecular flexibility index (Phi) is 57.4. The van der Waals surface area contributed by atoms with Crippen molar-refractivity contribution < 1.29 is 0 Å². The number of imidazole rings is 2. The first kappa shape index (κ1) is 97.1. The van der Waals surface area contributed by atoms with Crippen LogP contribution in [0.1, 0.15) is 385 Å². The van der Waals surface area contributed by atoms with Crippen molar-refractivity contribution in [2.24, 2.45) is 43.6 Å². The molecule has 5 rings (SSSR count). The van der Waals surface area contributed by atoms with Crippen LogP contribution in [0.15, 0.2) is 57.4 Å². The van der Waals surface area contributed by atoms with Gasteiger partial charge in [-0.15, -0.1) is 20.4 Å². The predicted molar refractivity (Wildman–Crippen MR) is 413 cm³/mol. The summed E-state index contributed by atoms with van der Waals surface area (Å²) in [5, 5.41) is 27.3. The summed E-state index contributed by atoms with van der Waals surface area (Å²) in [4.78, 5) is 25.7. The number of unbranched alkanes of at least 4 members (excludes halogenated alkanes) is 1. The third kappa shape index (κ3) is 49.0. The van der Waals surface area contributed by atoms with E-state index in [0.717, 1.165) is 18.1 Å². The van der Waals surface area contributed by atoms with Gasteiger partial charge in [-0.2, -0.15) is 0 Å². The van der Waals surface area contributed by atoms with Crippen molar-refractivity contribution in [3.8, 4) is 0 Å². The molecule has 0 aliphatic rings. The number of rotatable bonds is 20. The number of hydrogen-bond donors (Lipinski definition) is 0. The smallest absolute Gasteiger partial charge is 0.154 e. The van der Waals surface area contributed by atoms with E-state index < -0.39 is 0 Å². The third-order valence-corrected chi connectivity index (χ3v) is 13.1. The molecule has 0 aliphatic carbocycles. The highest BCUT2D eigenvalue weighted by molar-refractivity contribution is 5.86. The standard InChI is InChI=1S/2C9H16N2.C9H19N.2C8H15N3.C8H17N.C7H14N4.2C7H15N.C4H10/c1-7(2)9-5-10-6-11(9)8(3)4;1-7(2)9-10-5-6-11(9)8(3)4;1-6-9(7(2)3)10-8(4)5;1-6(2)8-10-9-5-11(8)7(3)4;1-6(2)8-5-9-10-11(8)7(3)4;1-6(2)8(5)9-7(3)4;1-5(2)7-8-9-10-11(7)6(3)4;2*1-6(2)5-8-7(3)4;1-3-4-2/h2*5-8H,1-4H3;7-8H,6H2,1-5H3;2*5-7H,1-4H3;6-7H,1-5H3;5-6H,1-4H3;2*5-7H,1-4H3;3-4H2,1-2H3. The van der Waals surface area contributed by atoms with Gasteiger partial charge in [0.25, 0.3) is 0 Å². The van der Waals surface area contributed by atoms with E-state index in [9.17, 15) is 0 Å². The van der Waals surface area contributed by atoms with Gasteiger partial charge < -0.3 is 13.7 Å². The predicted octanol–water partition coefficient (Wildman–Crippen LogP) is 22.0. The summed E-state index contributed by atoms with van der Waals surface area (Å²) in [6, 6.07) is 4.09. The van der Waals surface area contributed by atoms with Crippen LogP contribution in [-0.2, 0) is 0 Å². The fraction of sp³-hybridized carbons (Fsp3) is 0.803. The van der Waals surface area contributed by atoms with Crippen molar-refractivity contribution in [3.63, 3.8) is 0 Å². The number of hydrogen-bond acceptors (Lipinski definition) is 13. The molecule has 0 bridgehead atoms. The quantitative estimate of drug-likeness (QED) is 0.0683. The topological polar surface area (TPSA) is 190 Å². The second-order valence-corrected chi connectivity index (χ2v) is 29.4. The Bertz CT molecular complexity index is 2160. The van der Waals surface area contributed by atoms with Crippen LogP contribution in [0, 0.1) is 23.7 Å². The molecular weight excluding hydrogens is 1160 g/mol. The summed E-state index contributed by atoms with van der Waals surface area (Å²) in [6.45, 7) is 85.4. The van der Waals surface area contributed by atoms with E-state index in [1.165, 1.54) is 41.5 Å². The maximum absolute atomic E-state index is 4.51. The molecule has 5 heterocycles. The molecular formula is C76H152N18. The third-order valence-electron chi connectivity index (χ3n) is 13.1. The van der Waals surface area contributed by atoms with E-state index >= 15 is 0 Å². The summed E-state index contributed by atoms with van der Waals surface area (Å²) in [5.41, 5.74) is 5.13. The van der Waals surface area contributed by atoms with Crippen LogP contribution >= 0.6 is 0 Å². The lowest BCUT2D eigenvalue weighted by molar-refractivity contribution is 0.483. The van der Waals surface area contributed by atoms with Gasteiger partial charge in [0.05, 0.1) is 24.3 Å². The van der Waals surface area contributed by atoms with Gasteiger partial charge in [-0.25, -0.2) is 19.3 Å². The van der Waals surface area contributed by atoms with Crippen LogP contribution in [0.5, 0.6) is 0 Å². The molecule has 18 heteroatoms. The van der Waals surface area contributed by atoms with Gasteiger partial charge in [0, 0.05) is 114 Å². The zero-order chi connectivity index (χ0) is 74.3. The zero-order valence-corrected chi connectivity index (χ0v) is 68.7. The minimum atomic E-state index is 0.349. The number of nitrogens with zero attached hydrogens (tertiary/aromatic N) is 18. The van der Waals surface area contributed by atoms with Crippen molar-refractivity contribution >= 4 is 23.9 Å². The van der Waals surface area contributed by atoms with E-state index in [4.69, 9.17) is 0 Å². The molecule has 546 valence electrons. The maximum Gasteiger partial charge on any atom is 0.154 e. The zero-order valence-electron chi connectivity index (χ0n) is 68.7. The molecule has 0 aliphatic heterocycles. The molecule has 0 fully saturated rings. The fourth-order valence-corrected chi connectivity index (χ4v) is 7.70. The molecule has 5 aromatic rings. The molecule has 0 radical (unpaired) electrons. The van der Waals surface area contributed by atoms with E-state index in [2.05, 4.69) is 357 Å². The van der Waals surface area contributed by atoms with Gasteiger partial charge in [-0.05, 0) is 184 Å². The second kappa shape index (κ2) is 55.6. The Balaban J connectivity index is -0.000000314. The first-order valence-corrected chi connectivity index (χ1v) is 36.2. The second-order valence-electron chi connectivity index (χ2n) is 29.4. The Morgan fingerprint density at radius 1 is 0.415 bits per heavy atom. The molecule has 0 atom stereocenters. The highest BCUT2D eigenvalue weighted by atomic mass is 15.5. The number of tetrazole rings is 1. The first-order chi connectivity index (χ1) is 43.4. The van der Waals surface area contributed by atoms with Crippen LogP contribution in [0.4, 0.5) is 0 Å². The lowest BCUT2D eigenvalue weighted by atomic mass is 10.1. The molecule has 0 amide bonds. The van der Waals surface area contributed by atoms with E-state index in [1.54, 1.807) is 6.33 Å². The maximum atomic E-state index is 4.51. The SMILES string of the molecule is CC(=NC(C)C)C(C)C.CC(C)C=NC(C)C.CC(C)C=NC(C)C.CC(C)c1cncn1C(C)C.CC(C)c1cnnn1C(C)C.CC(C)c1nccn1C(C)C.CC(C)c1nncn1C(C)C.CC(C)c1nnnn1C(C)C.CCC(=NC(C)C)C(C)C.CCCC. The average Bonchev–Trinajstić information content (AvgIpc) is 1.83. The summed E-state index contributed by atoms with van der Waals surface area (Å²) >= 11 is 0. The van der Waals surface area contributed by atoms with Crippen LogP contribution in [0.3, 0.4) is 0 Å². The molecule has 0 aromatic carbocycles. The van der Waals surface area contributed by atoms with E-state index in [1.807, 2.05) is 52.9 Å². The summed E-state index contributed by atoms with van der Waals surface area (Å²) in [6.07, 6.45) is 19.1. The molecule has 0 unspecified atom stereocenters. The summed E-state index contributed by atoms with van der Waals surface area (Å²) in [7, 11) is 0. The lowest BCUT2D eigenvalue weighted by Gasteiger charge is -2.13. The van der Waals surface area contributed by atoms with Crippen LogP contribution in [0.2, 0.25) is 0 Å². The Morgan fingerprint density at radius 3 is 1.11 bits per heavy atom. The first-order valence-electron chi connectivity index (χ1n) is 36.2. The van der Waals surface area contributed by atoms with Crippen LogP contribution < -0.4 is 0 Å². The van der Waals surface area contributed by atoms with Gasteiger partial charge in [0.2, 0.25) is 0 Å². The molecule has 0 spiro atoms. The number of aromatic nitrogens is 14. The van der Waals surface area contributed by atoms with Gasteiger partial charge in [-0.3, -0.25) is 20.0 Å². The Labute approximate surface area is 580 Å². The minimum Gasteiger partial charge on any atom is -0.332 e. The Hall–Kier alpha value is -5.55. The monoisotopic (exact) mass is 1320 g/mol. The van der Waals surface area contributed by atoms with Crippen molar-refractivity contribution in [1.82, 2.24) is 69.1 Å². The molecule has 18 nitrogen and oxygen atoms in total. The van der Waals surface area contributed by atoms with Crippen LogP contribution in [-0.4, -0.2) is 117 Å². The van der Waals surface area contributed by atoms with Crippen molar-refractivity contribution in [2.75, 3.05) is 0 Å². The highest BCUT2D eigenvalue weighted by Crippen LogP contribution is 2.20. The van der Waals surface area contributed by atoms with Crippen molar-refractivity contribution in [1.29, 1.82) is 0 Å². The van der Waals surface area contributed by atoms with E-state index in [-0.39, 0.29) is 0 Å². The summed E-state index contributed by atoms with van der Waals surface area (Å²) in [5.74, 6) is 8.07. The van der Waals surface area contributed by atoms with Gasteiger partial charge in [-0.1, -0.05) is 163 Å². The lowest BCUT2D eigenvalue weighted by Crippen LogP contribution is -2.09. The molecule has 94 heavy (non-hydrogen) atoms. The molecule has 5 aromatic heterocycles. The van der Waals surface area contributed by atoms with E-state index in [0.29, 0.717) is 108 Å².